The van der Waals surface area contributed by atoms with Crippen molar-refractivity contribution in [3.63, 3.8) is 0 Å². The van der Waals surface area contributed by atoms with Crippen molar-refractivity contribution in [2.75, 3.05) is 7.05 Å². The van der Waals surface area contributed by atoms with Crippen LogP contribution in [0.3, 0.4) is 0 Å². The van der Waals surface area contributed by atoms with Crippen LogP contribution in [0, 0.1) is 0 Å². The Kier molecular flexibility index (Phi) is 2.80. The minimum absolute atomic E-state index is 0.217. The van der Waals surface area contributed by atoms with Crippen molar-refractivity contribution in [2.45, 2.75) is 6.42 Å². The smallest absolute Gasteiger partial charge is 0.259 e. The van der Waals surface area contributed by atoms with Gasteiger partial charge in [0.1, 0.15) is 0 Å². The number of imide groups is 1. The first-order valence-corrected chi connectivity index (χ1v) is 3.96. The van der Waals surface area contributed by atoms with Crippen molar-refractivity contribution in [3.05, 3.63) is 36.5 Å². The maximum atomic E-state index is 11.4. The van der Waals surface area contributed by atoms with Gasteiger partial charge in [0, 0.05) is 19.0 Å². The Morgan fingerprint density at radius 2 is 2.08 bits per heavy atom. The molecule has 3 nitrogen and oxygen atoms in total. The molecule has 0 saturated carbocycles. The Morgan fingerprint density at radius 3 is 2.77 bits per heavy atom. The number of allylic oxidation sites excluding steroid dienone is 2. The van der Waals surface area contributed by atoms with E-state index in [9.17, 15) is 9.59 Å². The Hall–Kier alpha value is -1.64. The van der Waals surface area contributed by atoms with E-state index in [4.69, 9.17) is 0 Å². The van der Waals surface area contributed by atoms with Crippen LogP contribution < -0.4 is 0 Å². The summed E-state index contributed by atoms with van der Waals surface area (Å²) in [6.07, 6.45) is 6.98. The maximum Gasteiger partial charge on any atom is 0.259 e. The highest BCUT2D eigenvalue weighted by Crippen LogP contribution is 2.04. The highest BCUT2D eigenvalue weighted by Gasteiger charge is 2.17. The molecule has 0 unspecified atom stereocenters. The lowest BCUT2D eigenvalue weighted by molar-refractivity contribution is -0.140. The minimum Gasteiger partial charge on any atom is -0.281 e. The summed E-state index contributed by atoms with van der Waals surface area (Å²) < 4.78 is 0. The molecular formula is C10H11NO2. The van der Waals surface area contributed by atoms with Crippen molar-refractivity contribution in [3.8, 4) is 0 Å². The molecule has 1 aliphatic heterocycles. The van der Waals surface area contributed by atoms with Gasteiger partial charge < -0.3 is 0 Å². The minimum atomic E-state index is -0.343. The zero-order valence-electron chi connectivity index (χ0n) is 7.49. The molecule has 13 heavy (non-hydrogen) atoms. The van der Waals surface area contributed by atoms with Crippen LogP contribution in [-0.2, 0) is 9.59 Å². The predicted molar refractivity (Wildman–Crippen MR) is 49.8 cm³/mol. The lowest BCUT2D eigenvalue weighted by Crippen LogP contribution is -2.32. The molecule has 0 radical (unpaired) electrons. The van der Waals surface area contributed by atoms with Crippen LogP contribution in [0.2, 0.25) is 0 Å². The van der Waals surface area contributed by atoms with Crippen molar-refractivity contribution >= 4 is 11.8 Å². The van der Waals surface area contributed by atoms with Gasteiger partial charge in [0.2, 0.25) is 5.91 Å². The second-order valence-electron chi connectivity index (χ2n) is 2.77. The third kappa shape index (κ3) is 2.15. The summed E-state index contributed by atoms with van der Waals surface area (Å²) in [7, 11) is 1.46. The Labute approximate surface area is 77.0 Å². The summed E-state index contributed by atoms with van der Waals surface area (Å²) in [5, 5.41) is 0. The molecular weight excluding hydrogens is 166 g/mol. The second kappa shape index (κ2) is 3.85. The van der Waals surface area contributed by atoms with Crippen LogP contribution >= 0.6 is 0 Å². The third-order valence-electron chi connectivity index (χ3n) is 1.79. The molecule has 0 bridgehead atoms. The Morgan fingerprint density at radius 1 is 1.38 bits per heavy atom. The number of nitrogens with zero attached hydrogens (tertiary/aromatic N) is 1. The number of hydrogen-bond acceptors (Lipinski definition) is 2. The summed E-state index contributed by atoms with van der Waals surface area (Å²) in [6.45, 7) is 3.56. The Balaban J connectivity index is 2.94. The molecule has 0 saturated heterocycles. The summed E-state index contributed by atoms with van der Waals surface area (Å²) in [6, 6.07) is 0. The van der Waals surface area contributed by atoms with Gasteiger partial charge in [0.25, 0.3) is 5.91 Å². The molecule has 0 aromatic heterocycles. The van der Waals surface area contributed by atoms with Gasteiger partial charge in [-0.1, -0.05) is 30.9 Å². The largest absolute Gasteiger partial charge is 0.281 e. The van der Waals surface area contributed by atoms with E-state index >= 15 is 0 Å². The summed E-state index contributed by atoms with van der Waals surface area (Å²) in [5.41, 5.74) is 0.322. The van der Waals surface area contributed by atoms with E-state index in [1.165, 1.54) is 7.05 Å². The van der Waals surface area contributed by atoms with Crippen molar-refractivity contribution in [1.82, 2.24) is 4.90 Å². The number of hydrogen-bond donors (Lipinski definition) is 0. The van der Waals surface area contributed by atoms with Gasteiger partial charge in [-0.05, 0) is 0 Å². The van der Waals surface area contributed by atoms with Gasteiger partial charge in [0.15, 0.2) is 0 Å². The van der Waals surface area contributed by atoms with Gasteiger partial charge in [-0.3, -0.25) is 14.5 Å². The molecule has 1 rings (SSSR count). The average Bonchev–Trinajstić information content (AvgIpc) is 2.16. The highest BCUT2D eigenvalue weighted by atomic mass is 16.2. The fraction of sp³-hybridized carbons (Fsp3) is 0.200. The molecule has 3 heteroatoms. The number of rotatable bonds is 0. The van der Waals surface area contributed by atoms with Crippen molar-refractivity contribution in [2.24, 2.45) is 0 Å². The molecule has 2 amide bonds. The topological polar surface area (TPSA) is 37.4 Å². The van der Waals surface area contributed by atoms with E-state index in [1.54, 1.807) is 24.3 Å². The highest BCUT2D eigenvalue weighted by molar-refractivity contribution is 6.05. The molecule has 0 aromatic rings. The molecule has 1 heterocycles. The van der Waals surface area contributed by atoms with Gasteiger partial charge in [-0.15, -0.1) is 0 Å². The molecule has 0 fully saturated rings. The molecule has 68 valence electrons. The standard InChI is InChI=1S/C10H11NO2/c1-8-6-4-3-5-7-9(12)11(2)10(8)13/h3-6H,1,7H2,2H3/b5-3-,6-4-. The zero-order valence-corrected chi connectivity index (χ0v) is 7.49. The quantitative estimate of drug-likeness (QED) is 0.409. The van der Waals surface area contributed by atoms with Crippen LogP contribution in [0.25, 0.3) is 0 Å². The fourth-order valence-corrected chi connectivity index (χ4v) is 0.956. The van der Waals surface area contributed by atoms with E-state index < -0.39 is 0 Å². The maximum absolute atomic E-state index is 11.4. The SMILES string of the molecule is C=C1/C=C\C=C/CC(=O)N(C)C1=O. The molecule has 1 aliphatic rings. The third-order valence-corrected chi connectivity index (χ3v) is 1.79. The van der Waals surface area contributed by atoms with Crippen LogP contribution in [0.15, 0.2) is 36.5 Å². The molecule has 0 atom stereocenters. The fourth-order valence-electron chi connectivity index (χ4n) is 0.956. The predicted octanol–water partition coefficient (Wildman–Crippen LogP) is 1.04. The molecule has 0 aliphatic carbocycles. The summed E-state index contributed by atoms with van der Waals surface area (Å²) in [5.74, 6) is -0.559. The van der Waals surface area contributed by atoms with Gasteiger partial charge in [-0.25, -0.2) is 0 Å². The van der Waals surface area contributed by atoms with Gasteiger partial charge in [-0.2, -0.15) is 0 Å². The Bertz CT molecular complexity index is 313. The molecule has 0 aromatic carbocycles. The van der Waals surface area contributed by atoms with E-state index in [1.807, 2.05) is 0 Å². The monoisotopic (exact) mass is 177 g/mol. The lowest BCUT2D eigenvalue weighted by atomic mass is 10.2. The molecule has 0 N–H and O–H groups in total. The first-order valence-electron chi connectivity index (χ1n) is 3.96. The number of likely N-dealkylation sites (N-methyl/N-ethyl adjacent to an activating group) is 1. The first kappa shape index (κ1) is 9.45. The van der Waals surface area contributed by atoms with Crippen LogP contribution in [0.4, 0.5) is 0 Å². The number of amides is 2. The van der Waals surface area contributed by atoms with E-state index in [2.05, 4.69) is 6.58 Å². The van der Waals surface area contributed by atoms with Crippen molar-refractivity contribution in [1.29, 1.82) is 0 Å². The average molecular weight is 177 g/mol. The van der Waals surface area contributed by atoms with Crippen LogP contribution in [0.5, 0.6) is 0 Å². The van der Waals surface area contributed by atoms with E-state index in [0.717, 1.165) is 4.90 Å². The first-order chi connectivity index (χ1) is 6.13. The van der Waals surface area contributed by atoms with Gasteiger partial charge >= 0.3 is 0 Å². The lowest BCUT2D eigenvalue weighted by Gasteiger charge is -2.13. The second-order valence-corrected chi connectivity index (χ2v) is 2.77. The van der Waals surface area contributed by atoms with Crippen LogP contribution in [0.1, 0.15) is 6.42 Å². The number of carbonyl (C=O) groups is 2. The number of carbonyl (C=O) groups excluding carboxylic acids is 2. The van der Waals surface area contributed by atoms with Crippen molar-refractivity contribution < 1.29 is 9.59 Å². The summed E-state index contributed by atoms with van der Waals surface area (Å²) in [4.78, 5) is 23.7. The van der Waals surface area contributed by atoms with E-state index in [-0.39, 0.29) is 18.2 Å². The van der Waals surface area contributed by atoms with Gasteiger partial charge in [0.05, 0.1) is 0 Å². The zero-order chi connectivity index (χ0) is 9.84. The summed E-state index contributed by atoms with van der Waals surface area (Å²) >= 11 is 0. The normalized spacial score (nSPS) is 23.5. The van der Waals surface area contributed by atoms with E-state index in [0.29, 0.717) is 5.57 Å². The molecule has 0 spiro atoms. The van der Waals surface area contributed by atoms with Crippen LogP contribution in [-0.4, -0.2) is 23.8 Å².